The van der Waals surface area contributed by atoms with Crippen LogP contribution in [0, 0.1) is 0 Å². The third-order valence-electron chi connectivity index (χ3n) is 3.39. The Hall–Kier alpha value is -1.81. The van der Waals surface area contributed by atoms with Crippen LogP contribution in [0.3, 0.4) is 0 Å². The van der Waals surface area contributed by atoms with Gasteiger partial charge in [0.25, 0.3) is 0 Å². The van der Waals surface area contributed by atoms with Gasteiger partial charge in [0.2, 0.25) is 0 Å². The van der Waals surface area contributed by atoms with Crippen molar-refractivity contribution in [1.29, 1.82) is 0 Å². The van der Waals surface area contributed by atoms with Gasteiger partial charge in [0.1, 0.15) is 12.2 Å². The van der Waals surface area contributed by atoms with Gasteiger partial charge in [0, 0.05) is 7.05 Å². The maximum absolute atomic E-state index is 4.09. The molecule has 0 atom stereocenters. The van der Waals surface area contributed by atoms with Crippen molar-refractivity contribution < 1.29 is 0 Å². The molecule has 2 aromatic carbocycles. The molecule has 0 aliphatic heterocycles. The van der Waals surface area contributed by atoms with Crippen molar-refractivity contribution in [3.05, 3.63) is 60.2 Å². The Bertz CT molecular complexity index is 706. The molecular weight excluding hydrogens is 266 g/mol. The van der Waals surface area contributed by atoms with E-state index in [1.807, 2.05) is 23.4 Å². The number of rotatable bonds is 5. The lowest BCUT2D eigenvalue weighted by Gasteiger charge is -2.04. The number of hydrogen-bond acceptors (Lipinski definition) is 3. The van der Waals surface area contributed by atoms with Crippen molar-refractivity contribution in [3.63, 3.8) is 0 Å². The van der Waals surface area contributed by atoms with E-state index in [1.165, 1.54) is 16.3 Å². The minimum Gasteiger partial charge on any atom is -0.320 e. The standard InChI is InChI=1S/C16H17N3S/c1-19-12-17-18-16(19)11-20-9-8-13-6-7-14-4-2-3-5-15(14)10-13/h2-7,10,12H,8-9,11H2,1H3. The van der Waals surface area contributed by atoms with Gasteiger partial charge in [-0.1, -0.05) is 42.5 Å². The molecule has 20 heavy (non-hydrogen) atoms. The molecule has 0 N–H and O–H groups in total. The number of thioether (sulfide) groups is 1. The van der Waals surface area contributed by atoms with Crippen molar-refractivity contribution in [2.75, 3.05) is 5.75 Å². The minimum absolute atomic E-state index is 0.921. The van der Waals surface area contributed by atoms with Crippen molar-refractivity contribution in [3.8, 4) is 0 Å². The molecule has 0 unspecified atom stereocenters. The molecule has 4 heteroatoms. The first kappa shape index (κ1) is 13.2. The Labute approximate surface area is 123 Å². The van der Waals surface area contributed by atoms with Crippen LogP contribution in [0.15, 0.2) is 48.8 Å². The van der Waals surface area contributed by atoms with Crippen LogP contribution >= 0.6 is 11.8 Å². The normalized spacial score (nSPS) is 11.1. The second-order valence-electron chi connectivity index (χ2n) is 4.84. The SMILES string of the molecule is Cn1cnnc1CSCCc1ccc2ccccc2c1. The molecule has 0 radical (unpaired) electrons. The molecule has 0 amide bonds. The van der Waals surface area contributed by atoms with Gasteiger partial charge in [-0.2, -0.15) is 11.8 Å². The van der Waals surface area contributed by atoms with E-state index >= 15 is 0 Å². The number of benzene rings is 2. The lowest BCUT2D eigenvalue weighted by molar-refractivity contribution is 0.849. The summed E-state index contributed by atoms with van der Waals surface area (Å²) in [4.78, 5) is 0. The van der Waals surface area contributed by atoms with E-state index < -0.39 is 0 Å². The number of nitrogens with zero attached hydrogens (tertiary/aromatic N) is 3. The molecule has 102 valence electrons. The van der Waals surface area contributed by atoms with Gasteiger partial charge in [0.05, 0.1) is 5.75 Å². The highest BCUT2D eigenvalue weighted by Crippen LogP contribution is 2.18. The van der Waals surface area contributed by atoms with Crippen molar-refractivity contribution >= 4 is 22.5 Å². The van der Waals surface area contributed by atoms with Crippen LogP contribution in [0.5, 0.6) is 0 Å². The summed E-state index contributed by atoms with van der Waals surface area (Å²) in [5.41, 5.74) is 1.40. The fraction of sp³-hybridized carbons (Fsp3) is 0.250. The Kier molecular flexibility index (Phi) is 4.02. The molecule has 0 aliphatic rings. The Balaban J connectivity index is 1.56. The molecule has 3 nitrogen and oxygen atoms in total. The molecule has 3 aromatic rings. The van der Waals surface area contributed by atoms with Crippen LogP contribution in [-0.4, -0.2) is 20.5 Å². The largest absolute Gasteiger partial charge is 0.320 e. The van der Waals surface area contributed by atoms with E-state index in [1.54, 1.807) is 6.33 Å². The van der Waals surface area contributed by atoms with E-state index in [4.69, 9.17) is 0 Å². The van der Waals surface area contributed by atoms with Gasteiger partial charge in [-0.15, -0.1) is 10.2 Å². The predicted molar refractivity (Wildman–Crippen MR) is 84.8 cm³/mol. The first-order valence-corrected chi connectivity index (χ1v) is 7.87. The molecule has 1 aromatic heterocycles. The second kappa shape index (κ2) is 6.09. The molecular formula is C16H17N3S. The average molecular weight is 283 g/mol. The summed E-state index contributed by atoms with van der Waals surface area (Å²) in [6.07, 6.45) is 2.84. The maximum Gasteiger partial charge on any atom is 0.142 e. The van der Waals surface area contributed by atoms with Crippen LogP contribution in [0.4, 0.5) is 0 Å². The summed E-state index contributed by atoms with van der Waals surface area (Å²) in [5, 5.41) is 10.6. The van der Waals surface area contributed by atoms with Crippen LogP contribution in [-0.2, 0) is 19.2 Å². The average Bonchev–Trinajstić information content (AvgIpc) is 2.89. The molecule has 0 aliphatic carbocycles. The van der Waals surface area contributed by atoms with Crippen LogP contribution in [0.25, 0.3) is 10.8 Å². The van der Waals surface area contributed by atoms with E-state index in [0.29, 0.717) is 0 Å². The van der Waals surface area contributed by atoms with Gasteiger partial charge in [-0.05, 0) is 28.5 Å². The smallest absolute Gasteiger partial charge is 0.142 e. The highest BCUT2D eigenvalue weighted by Gasteiger charge is 2.01. The summed E-state index contributed by atoms with van der Waals surface area (Å²) in [7, 11) is 1.99. The van der Waals surface area contributed by atoms with E-state index in [9.17, 15) is 0 Å². The van der Waals surface area contributed by atoms with Gasteiger partial charge in [-0.3, -0.25) is 0 Å². The summed E-state index contributed by atoms with van der Waals surface area (Å²) in [5.74, 6) is 3.06. The van der Waals surface area contributed by atoms with Gasteiger partial charge in [0.15, 0.2) is 0 Å². The molecule has 0 saturated carbocycles. The van der Waals surface area contributed by atoms with E-state index in [2.05, 4.69) is 52.7 Å². The van der Waals surface area contributed by atoms with Crippen molar-refractivity contribution in [2.24, 2.45) is 7.05 Å². The van der Waals surface area contributed by atoms with Crippen LogP contribution in [0.2, 0.25) is 0 Å². The molecule has 0 saturated heterocycles. The monoisotopic (exact) mass is 283 g/mol. The zero-order valence-corrected chi connectivity index (χ0v) is 12.3. The summed E-state index contributed by atoms with van der Waals surface area (Å²) < 4.78 is 1.98. The lowest BCUT2D eigenvalue weighted by atomic mass is 10.1. The highest BCUT2D eigenvalue weighted by molar-refractivity contribution is 7.98. The van der Waals surface area contributed by atoms with Gasteiger partial charge >= 0.3 is 0 Å². The lowest BCUT2D eigenvalue weighted by Crippen LogP contribution is -1.96. The summed E-state index contributed by atoms with van der Waals surface area (Å²) >= 11 is 1.90. The first-order chi connectivity index (χ1) is 9.83. The number of aryl methyl sites for hydroxylation is 2. The predicted octanol–water partition coefficient (Wildman–Crippen LogP) is 3.44. The van der Waals surface area contributed by atoms with Gasteiger partial charge in [-0.25, -0.2) is 0 Å². The highest BCUT2D eigenvalue weighted by atomic mass is 32.2. The first-order valence-electron chi connectivity index (χ1n) is 6.71. The quantitative estimate of drug-likeness (QED) is 0.672. The second-order valence-corrected chi connectivity index (χ2v) is 5.95. The molecule has 0 spiro atoms. The van der Waals surface area contributed by atoms with Crippen LogP contribution in [0.1, 0.15) is 11.4 Å². The Morgan fingerprint density at radius 1 is 1.10 bits per heavy atom. The topological polar surface area (TPSA) is 30.7 Å². The van der Waals surface area contributed by atoms with E-state index in [-0.39, 0.29) is 0 Å². The zero-order valence-electron chi connectivity index (χ0n) is 11.5. The number of fused-ring (bicyclic) bond motifs is 1. The summed E-state index contributed by atoms with van der Waals surface area (Å²) in [6.45, 7) is 0. The number of aromatic nitrogens is 3. The Morgan fingerprint density at radius 2 is 1.95 bits per heavy atom. The van der Waals surface area contributed by atoms with E-state index in [0.717, 1.165) is 23.8 Å². The van der Waals surface area contributed by atoms with Gasteiger partial charge < -0.3 is 4.57 Å². The van der Waals surface area contributed by atoms with Crippen LogP contribution < -0.4 is 0 Å². The molecule has 3 rings (SSSR count). The maximum atomic E-state index is 4.09. The fourth-order valence-electron chi connectivity index (χ4n) is 2.19. The third-order valence-corrected chi connectivity index (χ3v) is 4.34. The minimum atomic E-state index is 0.921. The number of hydrogen-bond donors (Lipinski definition) is 0. The third kappa shape index (κ3) is 3.02. The molecule has 0 bridgehead atoms. The van der Waals surface area contributed by atoms with Crippen molar-refractivity contribution in [1.82, 2.24) is 14.8 Å². The van der Waals surface area contributed by atoms with Crippen molar-refractivity contribution in [2.45, 2.75) is 12.2 Å². The summed E-state index contributed by atoms with van der Waals surface area (Å²) in [6, 6.07) is 15.2. The Morgan fingerprint density at radius 3 is 2.75 bits per heavy atom. The fourth-order valence-corrected chi connectivity index (χ4v) is 3.15. The zero-order chi connectivity index (χ0) is 13.8. The molecule has 1 heterocycles. The molecule has 0 fully saturated rings.